The number of ether oxygens (including phenoxy) is 4. The molecule has 1 aromatic carbocycles. The topological polar surface area (TPSA) is 95.2 Å². The summed E-state index contributed by atoms with van der Waals surface area (Å²) in [6.07, 6.45) is 4.09. The fourth-order valence-electron chi connectivity index (χ4n) is 4.94. The molecular weight excluding hydrogens is 494 g/mol. The molecule has 10 heteroatoms. The number of benzene rings is 1. The molecule has 0 bridgehead atoms. The lowest BCUT2D eigenvalue weighted by Crippen LogP contribution is -2.57. The second-order valence-electron chi connectivity index (χ2n) is 9.70. The van der Waals surface area contributed by atoms with Crippen LogP contribution in [0.15, 0.2) is 36.4 Å². The van der Waals surface area contributed by atoms with Crippen LogP contribution in [0.3, 0.4) is 0 Å². The van der Waals surface area contributed by atoms with Crippen molar-refractivity contribution >= 4 is 23.1 Å². The number of halogens is 1. The first-order chi connectivity index (χ1) is 18.1. The third-order valence-electron chi connectivity index (χ3n) is 6.98. The molecule has 0 radical (unpaired) electrons. The first kappa shape index (κ1) is 28.0. The van der Waals surface area contributed by atoms with Crippen LogP contribution in [0, 0.1) is 0 Å². The van der Waals surface area contributed by atoms with Gasteiger partial charge in [-0.05, 0) is 37.8 Å². The Morgan fingerprint density at radius 3 is 2.43 bits per heavy atom. The summed E-state index contributed by atoms with van der Waals surface area (Å²) in [5, 5.41) is 8.14. The molecular formula is C27H40ClN5O4. The van der Waals surface area contributed by atoms with Gasteiger partial charge in [-0.25, -0.2) is 0 Å². The Bertz CT molecular complexity index is 930. The lowest BCUT2D eigenvalue weighted by Gasteiger charge is -2.48. The summed E-state index contributed by atoms with van der Waals surface area (Å²) < 4.78 is 23.2. The molecule has 0 unspecified atom stereocenters. The van der Waals surface area contributed by atoms with Gasteiger partial charge >= 0.3 is 0 Å². The Morgan fingerprint density at radius 1 is 0.919 bits per heavy atom. The third-order valence-corrected chi connectivity index (χ3v) is 7.17. The highest BCUT2D eigenvalue weighted by molar-refractivity contribution is 6.29. The van der Waals surface area contributed by atoms with Crippen LogP contribution < -0.4 is 10.6 Å². The van der Waals surface area contributed by atoms with Gasteiger partial charge in [-0.2, -0.15) is 0 Å². The molecule has 2 saturated heterocycles. The predicted molar refractivity (Wildman–Crippen MR) is 145 cm³/mol. The van der Waals surface area contributed by atoms with Crippen LogP contribution in [0.2, 0.25) is 5.15 Å². The van der Waals surface area contributed by atoms with E-state index in [-0.39, 0.29) is 5.60 Å². The zero-order chi connectivity index (χ0) is 25.8. The molecule has 1 spiro atoms. The average Bonchev–Trinajstić information content (AvgIpc) is 2.92. The zero-order valence-electron chi connectivity index (χ0n) is 21.7. The Morgan fingerprint density at radius 2 is 1.65 bits per heavy atom. The summed E-state index contributed by atoms with van der Waals surface area (Å²) in [6, 6.07) is 12.0. The van der Waals surface area contributed by atoms with Gasteiger partial charge in [-0.3, -0.25) is 4.90 Å². The molecule has 204 valence electrons. The summed E-state index contributed by atoms with van der Waals surface area (Å²) in [6.45, 7) is 9.37. The second-order valence-corrected chi connectivity index (χ2v) is 10.1. The molecule has 37 heavy (non-hydrogen) atoms. The molecule has 4 rings (SSSR count). The summed E-state index contributed by atoms with van der Waals surface area (Å²) in [5.41, 5.74) is 7.99. The van der Waals surface area contributed by atoms with Crippen molar-refractivity contribution in [2.75, 3.05) is 83.0 Å². The van der Waals surface area contributed by atoms with E-state index in [1.54, 1.807) is 6.07 Å². The molecule has 9 nitrogen and oxygen atoms in total. The van der Waals surface area contributed by atoms with Crippen molar-refractivity contribution in [1.82, 2.24) is 15.1 Å². The normalized spacial score (nSPS) is 17.9. The van der Waals surface area contributed by atoms with Gasteiger partial charge < -0.3 is 29.6 Å². The van der Waals surface area contributed by atoms with Gasteiger partial charge in [0.25, 0.3) is 0 Å². The predicted octanol–water partition coefficient (Wildman–Crippen LogP) is 3.41. The Kier molecular flexibility index (Phi) is 11.2. The fourth-order valence-corrected chi connectivity index (χ4v) is 5.08. The van der Waals surface area contributed by atoms with E-state index in [4.69, 9.17) is 36.3 Å². The van der Waals surface area contributed by atoms with E-state index in [1.165, 1.54) is 5.56 Å². The number of nitrogen functional groups attached to an aromatic ring is 1. The number of nitrogens with zero attached hydrogens (tertiary/aromatic N) is 4. The first-order valence-electron chi connectivity index (χ1n) is 13.3. The summed E-state index contributed by atoms with van der Waals surface area (Å²) in [4.78, 5) is 4.78. The average molecular weight is 534 g/mol. The number of nitrogens with two attached hydrogens (primary N) is 1. The van der Waals surface area contributed by atoms with Crippen molar-refractivity contribution in [3.8, 4) is 0 Å². The van der Waals surface area contributed by atoms with Crippen LogP contribution in [-0.2, 0) is 25.6 Å². The molecule has 0 amide bonds. The van der Waals surface area contributed by atoms with Gasteiger partial charge in [-0.1, -0.05) is 41.9 Å². The number of anilines is 2. The monoisotopic (exact) mass is 533 g/mol. The number of unbranched alkanes of at least 4 members (excludes halogenated alkanes) is 1. The number of piperidine rings is 1. The van der Waals surface area contributed by atoms with E-state index >= 15 is 0 Å². The molecule has 0 atom stereocenters. The lowest BCUT2D eigenvalue weighted by atomic mass is 9.89. The smallest absolute Gasteiger partial charge is 0.169 e. The van der Waals surface area contributed by atoms with Crippen LogP contribution in [0.4, 0.5) is 11.5 Å². The van der Waals surface area contributed by atoms with Gasteiger partial charge in [0, 0.05) is 38.9 Å². The SMILES string of the molecule is Nc1nnc(Cl)cc1N1CCC2(CC1)CN(CCCCOCCOCCOCc1ccccc1)CCO2. The molecule has 2 aliphatic rings. The van der Waals surface area contributed by atoms with Crippen molar-refractivity contribution in [2.45, 2.75) is 37.9 Å². The quantitative estimate of drug-likeness (QED) is 0.366. The van der Waals surface area contributed by atoms with Crippen LogP contribution in [-0.4, -0.2) is 93.1 Å². The highest BCUT2D eigenvalue weighted by atomic mass is 35.5. The van der Waals surface area contributed by atoms with Crippen LogP contribution in [0.25, 0.3) is 0 Å². The number of rotatable bonds is 14. The molecule has 1 aromatic heterocycles. The van der Waals surface area contributed by atoms with Gasteiger partial charge in [0.15, 0.2) is 11.0 Å². The molecule has 0 aliphatic carbocycles. The van der Waals surface area contributed by atoms with Crippen molar-refractivity contribution < 1.29 is 18.9 Å². The third kappa shape index (κ3) is 9.05. The largest absolute Gasteiger partial charge is 0.380 e. The van der Waals surface area contributed by atoms with E-state index in [9.17, 15) is 0 Å². The van der Waals surface area contributed by atoms with E-state index < -0.39 is 0 Å². The Labute approximate surface area is 225 Å². The molecule has 2 fully saturated rings. The van der Waals surface area contributed by atoms with Gasteiger partial charge in [-0.15, -0.1) is 10.2 Å². The summed E-state index contributed by atoms with van der Waals surface area (Å²) >= 11 is 6.03. The van der Waals surface area contributed by atoms with Crippen LogP contribution in [0.5, 0.6) is 0 Å². The minimum atomic E-state index is -0.0770. The number of aromatic nitrogens is 2. The minimum absolute atomic E-state index is 0.0770. The maximum absolute atomic E-state index is 6.30. The van der Waals surface area contributed by atoms with Gasteiger partial charge in [0.05, 0.1) is 50.9 Å². The van der Waals surface area contributed by atoms with Crippen molar-refractivity contribution in [2.24, 2.45) is 0 Å². The summed E-state index contributed by atoms with van der Waals surface area (Å²) in [7, 11) is 0. The zero-order valence-corrected chi connectivity index (χ0v) is 22.4. The van der Waals surface area contributed by atoms with E-state index in [2.05, 4.69) is 32.1 Å². The highest BCUT2D eigenvalue weighted by Gasteiger charge is 2.39. The molecule has 2 aromatic rings. The van der Waals surface area contributed by atoms with Crippen molar-refractivity contribution in [3.05, 3.63) is 47.1 Å². The maximum atomic E-state index is 6.30. The van der Waals surface area contributed by atoms with E-state index in [0.29, 0.717) is 44.0 Å². The van der Waals surface area contributed by atoms with Crippen molar-refractivity contribution in [1.29, 1.82) is 0 Å². The van der Waals surface area contributed by atoms with E-state index in [1.807, 2.05) is 18.2 Å². The number of hydrogen-bond acceptors (Lipinski definition) is 9. The molecule has 2 aliphatic heterocycles. The standard InChI is InChI=1S/C27H40ClN5O4/c28-25-20-24(26(29)31-30-25)33-11-8-27(9-12-33)22-32(13-15-37-27)10-4-5-14-34-16-17-35-18-19-36-21-23-6-2-1-3-7-23/h1-3,6-7,20H,4-5,8-19,21-22H2,(H2,29,31). The maximum Gasteiger partial charge on any atom is 0.169 e. The second kappa shape index (κ2) is 14.8. The van der Waals surface area contributed by atoms with Crippen LogP contribution in [0.1, 0.15) is 31.2 Å². The Balaban J connectivity index is 1.01. The number of hydrogen-bond donors (Lipinski definition) is 1. The Hall–Kier alpha value is -2.01. The first-order valence-corrected chi connectivity index (χ1v) is 13.7. The van der Waals surface area contributed by atoms with Gasteiger partial charge in [0.1, 0.15) is 0 Å². The summed E-state index contributed by atoms with van der Waals surface area (Å²) in [5.74, 6) is 0.424. The van der Waals surface area contributed by atoms with Crippen molar-refractivity contribution in [3.63, 3.8) is 0 Å². The van der Waals surface area contributed by atoms with Gasteiger partial charge in [0.2, 0.25) is 0 Å². The van der Waals surface area contributed by atoms with Crippen LogP contribution >= 0.6 is 11.6 Å². The highest BCUT2D eigenvalue weighted by Crippen LogP contribution is 2.34. The molecule has 2 N–H and O–H groups in total. The fraction of sp³-hybridized carbons (Fsp3) is 0.630. The lowest BCUT2D eigenvalue weighted by molar-refractivity contribution is -0.121. The molecule has 0 saturated carbocycles. The number of morpholine rings is 1. The molecule has 3 heterocycles. The van der Waals surface area contributed by atoms with E-state index in [0.717, 1.165) is 77.3 Å². The minimum Gasteiger partial charge on any atom is -0.380 e.